The molecular weight excluding hydrogens is 318 g/mol. The maximum atomic E-state index is 12.7. The highest BCUT2D eigenvalue weighted by molar-refractivity contribution is 5.94. The van der Waals surface area contributed by atoms with Crippen molar-refractivity contribution < 1.29 is 14.0 Å². The summed E-state index contributed by atoms with van der Waals surface area (Å²) in [5, 5.41) is 2.92. The molecule has 0 aromatic carbocycles. The molecule has 0 spiro atoms. The van der Waals surface area contributed by atoms with Gasteiger partial charge in [0.05, 0.1) is 12.5 Å². The van der Waals surface area contributed by atoms with Crippen LogP contribution in [0.1, 0.15) is 46.1 Å². The highest BCUT2D eigenvalue weighted by atomic mass is 16.3. The smallest absolute Gasteiger partial charge is 0.270 e. The van der Waals surface area contributed by atoms with Gasteiger partial charge < -0.3 is 19.6 Å². The quantitative estimate of drug-likeness (QED) is 0.896. The minimum absolute atomic E-state index is 0.0223. The van der Waals surface area contributed by atoms with Crippen molar-refractivity contribution in [1.82, 2.24) is 15.2 Å². The summed E-state index contributed by atoms with van der Waals surface area (Å²) in [6, 6.07) is 5.71. The zero-order valence-electron chi connectivity index (χ0n) is 15.0. The molecule has 1 aliphatic heterocycles. The van der Waals surface area contributed by atoms with E-state index in [0.29, 0.717) is 25.3 Å². The second-order valence-corrected chi connectivity index (χ2v) is 6.83. The molecule has 2 N–H and O–H groups in total. The van der Waals surface area contributed by atoms with E-state index in [2.05, 4.69) is 10.3 Å². The Bertz CT molecular complexity index is 775. The summed E-state index contributed by atoms with van der Waals surface area (Å²) in [6.07, 6.45) is 1.64. The van der Waals surface area contributed by atoms with E-state index < -0.39 is 0 Å². The topological polar surface area (TPSA) is 78.3 Å². The Morgan fingerprint density at radius 2 is 2.12 bits per heavy atom. The fourth-order valence-corrected chi connectivity index (χ4v) is 3.38. The summed E-state index contributed by atoms with van der Waals surface area (Å²) in [5.74, 6) is 1.35. The monoisotopic (exact) mass is 343 g/mol. The van der Waals surface area contributed by atoms with Crippen LogP contribution in [-0.2, 0) is 11.3 Å². The average molecular weight is 343 g/mol. The second kappa shape index (κ2) is 7.17. The first-order valence-corrected chi connectivity index (χ1v) is 8.72. The molecule has 1 atom stereocenters. The number of rotatable bonds is 4. The van der Waals surface area contributed by atoms with Crippen molar-refractivity contribution in [3.05, 3.63) is 46.7 Å². The Kier molecular flexibility index (Phi) is 4.97. The van der Waals surface area contributed by atoms with Gasteiger partial charge in [0, 0.05) is 18.8 Å². The molecule has 2 aromatic rings. The Labute approximate surface area is 147 Å². The summed E-state index contributed by atoms with van der Waals surface area (Å²) in [5.41, 5.74) is 2.55. The van der Waals surface area contributed by atoms with E-state index in [1.165, 1.54) is 0 Å². The summed E-state index contributed by atoms with van der Waals surface area (Å²) in [7, 11) is 0. The van der Waals surface area contributed by atoms with Crippen molar-refractivity contribution in [2.45, 2.75) is 40.2 Å². The van der Waals surface area contributed by atoms with Crippen LogP contribution in [0.4, 0.5) is 0 Å². The second-order valence-electron chi connectivity index (χ2n) is 6.83. The van der Waals surface area contributed by atoms with Crippen LogP contribution in [0.5, 0.6) is 0 Å². The largest absolute Gasteiger partial charge is 0.465 e. The third-order valence-electron chi connectivity index (χ3n) is 4.68. The zero-order chi connectivity index (χ0) is 18.0. The van der Waals surface area contributed by atoms with Crippen molar-refractivity contribution in [3.63, 3.8) is 0 Å². The number of hydrogen-bond acceptors (Lipinski definition) is 3. The number of amides is 2. The van der Waals surface area contributed by atoms with Crippen LogP contribution >= 0.6 is 0 Å². The number of nitrogens with one attached hydrogen (secondary N) is 2. The molecule has 0 saturated carbocycles. The third-order valence-corrected chi connectivity index (χ3v) is 4.68. The van der Waals surface area contributed by atoms with Gasteiger partial charge >= 0.3 is 0 Å². The average Bonchev–Trinajstić information content (AvgIpc) is 3.16. The van der Waals surface area contributed by atoms with Gasteiger partial charge in [0.1, 0.15) is 17.2 Å². The van der Waals surface area contributed by atoms with E-state index in [9.17, 15) is 9.59 Å². The predicted molar refractivity (Wildman–Crippen MR) is 94.2 cm³/mol. The number of H-pyrrole nitrogens is 1. The summed E-state index contributed by atoms with van der Waals surface area (Å²) in [4.78, 5) is 30.1. The first-order valence-electron chi connectivity index (χ1n) is 8.72. The van der Waals surface area contributed by atoms with Gasteiger partial charge in [-0.05, 0) is 57.4 Å². The van der Waals surface area contributed by atoms with Crippen LogP contribution in [-0.4, -0.2) is 34.8 Å². The number of carbonyl (C=O) groups excluding carboxylic acids is 2. The molecule has 25 heavy (non-hydrogen) atoms. The Morgan fingerprint density at radius 1 is 1.32 bits per heavy atom. The number of aryl methyl sites for hydroxylation is 3. The number of piperidine rings is 1. The molecule has 0 bridgehead atoms. The minimum atomic E-state index is -0.176. The lowest BCUT2D eigenvalue weighted by atomic mass is 9.96. The van der Waals surface area contributed by atoms with Crippen molar-refractivity contribution in [2.75, 3.05) is 13.1 Å². The van der Waals surface area contributed by atoms with Gasteiger partial charge in [0.25, 0.3) is 5.91 Å². The van der Waals surface area contributed by atoms with Crippen LogP contribution in [0, 0.1) is 26.7 Å². The van der Waals surface area contributed by atoms with E-state index in [0.717, 1.165) is 35.6 Å². The lowest BCUT2D eigenvalue weighted by Gasteiger charge is -2.32. The van der Waals surface area contributed by atoms with Crippen molar-refractivity contribution in [2.24, 2.45) is 5.92 Å². The van der Waals surface area contributed by atoms with E-state index in [1.807, 2.05) is 39.0 Å². The molecular formula is C19H25N3O3. The van der Waals surface area contributed by atoms with Crippen LogP contribution in [0.25, 0.3) is 0 Å². The molecule has 6 nitrogen and oxygen atoms in total. The van der Waals surface area contributed by atoms with Gasteiger partial charge in [-0.15, -0.1) is 0 Å². The molecule has 2 amide bonds. The van der Waals surface area contributed by atoms with Crippen molar-refractivity contribution >= 4 is 11.8 Å². The van der Waals surface area contributed by atoms with E-state index in [4.69, 9.17) is 4.42 Å². The molecule has 6 heteroatoms. The van der Waals surface area contributed by atoms with Gasteiger partial charge in [-0.1, -0.05) is 0 Å². The molecule has 1 unspecified atom stereocenters. The molecule has 1 saturated heterocycles. The highest BCUT2D eigenvalue weighted by Gasteiger charge is 2.30. The summed E-state index contributed by atoms with van der Waals surface area (Å²) in [6.45, 7) is 7.27. The maximum Gasteiger partial charge on any atom is 0.270 e. The molecule has 1 aliphatic rings. The number of hydrogen-bond donors (Lipinski definition) is 2. The van der Waals surface area contributed by atoms with Gasteiger partial charge in [-0.2, -0.15) is 0 Å². The predicted octanol–water partition coefficient (Wildman–Crippen LogP) is 2.70. The first kappa shape index (κ1) is 17.3. The highest BCUT2D eigenvalue weighted by Crippen LogP contribution is 2.20. The lowest BCUT2D eigenvalue weighted by Crippen LogP contribution is -2.45. The van der Waals surface area contributed by atoms with Crippen molar-refractivity contribution in [3.8, 4) is 0 Å². The minimum Gasteiger partial charge on any atom is -0.465 e. The van der Waals surface area contributed by atoms with E-state index in [-0.39, 0.29) is 17.7 Å². The number of aromatic amines is 1. The number of carbonyl (C=O) groups is 2. The lowest BCUT2D eigenvalue weighted by molar-refractivity contribution is -0.126. The van der Waals surface area contributed by atoms with Gasteiger partial charge in [0.2, 0.25) is 5.91 Å². The normalized spacial score (nSPS) is 17.6. The molecule has 0 aliphatic carbocycles. The molecule has 0 radical (unpaired) electrons. The Hall–Kier alpha value is -2.50. The van der Waals surface area contributed by atoms with E-state index >= 15 is 0 Å². The summed E-state index contributed by atoms with van der Waals surface area (Å²) < 4.78 is 5.47. The van der Waals surface area contributed by atoms with Gasteiger partial charge in [0.15, 0.2) is 0 Å². The number of nitrogens with zero attached hydrogens (tertiary/aromatic N) is 1. The SMILES string of the molecule is Cc1cc(C)c(C(=O)N2CCCC(C(=O)NCc3ccc(C)o3)C2)[nH]1. The molecule has 134 valence electrons. The fourth-order valence-electron chi connectivity index (χ4n) is 3.38. The Morgan fingerprint density at radius 3 is 2.76 bits per heavy atom. The first-order chi connectivity index (χ1) is 11.9. The third kappa shape index (κ3) is 3.95. The Balaban J connectivity index is 1.59. The zero-order valence-corrected chi connectivity index (χ0v) is 15.0. The molecule has 3 heterocycles. The van der Waals surface area contributed by atoms with Crippen LogP contribution < -0.4 is 5.32 Å². The number of furan rings is 1. The standard InChI is InChI=1S/C19H25N3O3/c1-12-9-13(2)21-17(12)19(24)22-8-4-5-15(11-22)18(23)20-10-16-7-6-14(3)25-16/h6-7,9,15,21H,4-5,8,10-11H2,1-3H3,(H,20,23). The number of aromatic nitrogens is 1. The van der Waals surface area contributed by atoms with Crippen LogP contribution in [0.3, 0.4) is 0 Å². The van der Waals surface area contributed by atoms with Gasteiger partial charge in [-0.3, -0.25) is 9.59 Å². The number of likely N-dealkylation sites (tertiary alicyclic amines) is 1. The maximum absolute atomic E-state index is 12.7. The van der Waals surface area contributed by atoms with Gasteiger partial charge in [-0.25, -0.2) is 0 Å². The van der Waals surface area contributed by atoms with Crippen molar-refractivity contribution in [1.29, 1.82) is 0 Å². The van der Waals surface area contributed by atoms with E-state index in [1.54, 1.807) is 4.90 Å². The van der Waals surface area contributed by atoms with Crippen LogP contribution in [0.15, 0.2) is 22.6 Å². The molecule has 2 aromatic heterocycles. The molecule has 1 fully saturated rings. The molecule has 3 rings (SSSR count). The fraction of sp³-hybridized carbons (Fsp3) is 0.474. The van der Waals surface area contributed by atoms with Crippen LogP contribution in [0.2, 0.25) is 0 Å². The summed E-state index contributed by atoms with van der Waals surface area (Å²) >= 11 is 0.